The van der Waals surface area contributed by atoms with Crippen molar-refractivity contribution in [3.05, 3.63) is 106 Å². The Morgan fingerprint density at radius 2 is 1.74 bits per heavy atom. The molecule has 0 N–H and O–H groups in total. The Morgan fingerprint density at radius 1 is 0.968 bits per heavy atom. The molecule has 1 aromatic heterocycles. The molecule has 0 amide bonds. The minimum absolute atomic E-state index is 0.813. The fraction of sp³-hybridized carbons (Fsp3) is 0.214. The van der Waals surface area contributed by atoms with E-state index in [1.165, 1.54) is 33.3 Å². The van der Waals surface area contributed by atoms with Crippen molar-refractivity contribution in [1.29, 1.82) is 5.26 Å². The summed E-state index contributed by atoms with van der Waals surface area (Å²) >= 11 is 0. The molecule has 1 heterocycles. The summed E-state index contributed by atoms with van der Waals surface area (Å²) in [7, 11) is 0. The topological polar surface area (TPSA) is 41.6 Å². The van der Waals surface area contributed by atoms with Gasteiger partial charge in [-0.2, -0.15) is 5.26 Å². The Labute approximate surface area is 183 Å². The Morgan fingerprint density at radius 3 is 2.61 bits per heavy atom. The van der Waals surface area contributed by atoms with Crippen molar-refractivity contribution < 1.29 is 0 Å². The number of benzene rings is 3. The molecule has 0 bridgehead atoms. The van der Waals surface area contributed by atoms with E-state index in [0.29, 0.717) is 0 Å². The first-order chi connectivity index (χ1) is 15.3. The Kier molecular flexibility index (Phi) is 5.14. The van der Waals surface area contributed by atoms with Gasteiger partial charge in [0, 0.05) is 19.0 Å². The number of hydrogen-bond acceptors (Lipinski definition) is 2. The number of para-hydroxylation sites is 2. The van der Waals surface area contributed by atoms with E-state index in [1.54, 1.807) is 6.08 Å². The summed E-state index contributed by atoms with van der Waals surface area (Å²) in [6.45, 7) is 3.01. The number of aryl methyl sites for hydroxylation is 3. The lowest BCUT2D eigenvalue weighted by atomic mass is 9.93. The van der Waals surface area contributed by atoms with Crippen LogP contribution in [0.2, 0.25) is 0 Å². The number of rotatable bonds is 4. The predicted octanol–water partition coefficient (Wildman–Crippen LogP) is 6.09. The zero-order valence-electron chi connectivity index (χ0n) is 17.8. The molecule has 3 nitrogen and oxygen atoms in total. The number of aromatic nitrogens is 2. The van der Waals surface area contributed by atoms with Crippen molar-refractivity contribution in [3.8, 4) is 6.07 Å². The SMILES string of the molecule is CCCc1nc2ccccc2n1Cc1ccc2c(c1)CCc1ccccc1/C2=C\C#N. The fourth-order valence-corrected chi connectivity index (χ4v) is 4.75. The molecule has 31 heavy (non-hydrogen) atoms. The number of nitrogens with zero attached hydrogens (tertiary/aromatic N) is 3. The van der Waals surface area contributed by atoms with Gasteiger partial charge in [-0.15, -0.1) is 0 Å². The highest BCUT2D eigenvalue weighted by Gasteiger charge is 2.19. The summed E-state index contributed by atoms with van der Waals surface area (Å²) in [6, 6.07) is 25.9. The molecule has 3 aromatic carbocycles. The lowest BCUT2D eigenvalue weighted by Gasteiger charge is -2.14. The highest BCUT2D eigenvalue weighted by Crippen LogP contribution is 2.34. The first-order valence-electron chi connectivity index (χ1n) is 11.0. The molecule has 0 saturated heterocycles. The maximum absolute atomic E-state index is 9.43. The lowest BCUT2D eigenvalue weighted by molar-refractivity contribution is 0.721. The minimum Gasteiger partial charge on any atom is -0.323 e. The van der Waals surface area contributed by atoms with Crippen LogP contribution in [0.25, 0.3) is 16.6 Å². The molecule has 0 aliphatic heterocycles. The van der Waals surface area contributed by atoms with Gasteiger partial charge in [0.05, 0.1) is 17.1 Å². The van der Waals surface area contributed by atoms with E-state index in [1.807, 2.05) is 0 Å². The molecule has 5 rings (SSSR count). The second-order valence-corrected chi connectivity index (χ2v) is 8.19. The molecule has 0 atom stereocenters. The molecule has 0 saturated carbocycles. The monoisotopic (exact) mass is 403 g/mol. The smallest absolute Gasteiger partial charge is 0.110 e. The molecular formula is C28H25N3. The summed E-state index contributed by atoms with van der Waals surface area (Å²) in [5.41, 5.74) is 9.57. The van der Waals surface area contributed by atoms with E-state index in [2.05, 4.69) is 84.3 Å². The Bertz CT molecular complexity index is 1330. The summed E-state index contributed by atoms with van der Waals surface area (Å²) in [4.78, 5) is 4.88. The van der Waals surface area contributed by atoms with Crippen LogP contribution in [0.15, 0.2) is 72.8 Å². The molecular weight excluding hydrogens is 378 g/mol. The number of allylic oxidation sites excluding steroid dienone is 1. The van der Waals surface area contributed by atoms with Crippen LogP contribution in [-0.2, 0) is 25.8 Å². The minimum atomic E-state index is 0.813. The van der Waals surface area contributed by atoms with E-state index >= 15 is 0 Å². The first kappa shape index (κ1) is 19.3. The van der Waals surface area contributed by atoms with E-state index in [0.717, 1.165) is 49.1 Å². The van der Waals surface area contributed by atoms with Crippen LogP contribution in [0.5, 0.6) is 0 Å². The summed E-state index contributed by atoms with van der Waals surface area (Å²) in [5, 5.41) is 9.43. The van der Waals surface area contributed by atoms with Crippen molar-refractivity contribution in [2.24, 2.45) is 0 Å². The van der Waals surface area contributed by atoms with Gasteiger partial charge in [0.1, 0.15) is 5.82 Å². The van der Waals surface area contributed by atoms with E-state index in [-0.39, 0.29) is 0 Å². The molecule has 4 aromatic rings. The molecule has 0 radical (unpaired) electrons. The average molecular weight is 404 g/mol. The van der Waals surface area contributed by atoms with Gasteiger partial charge in [0.2, 0.25) is 0 Å². The third-order valence-corrected chi connectivity index (χ3v) is 6.19. The lowest BCUT2D eigenvalue weighted by Crippen LogP contribution is -2.06. The van der Waals surface area contributed by atoms with Crippen LogP contribution in [-0.4, -0.2) is 9.55 Å². The number of nitriles is 1. The van der Waals surface area contributed by atoms with Crippen molar-refractivity contribution in [3.63, 3.8) is 0 Å². The second-order valence-electron chi connectivity index (χ2n) is 8.19. The molecule has 3 heteroatoms. The molecule has 1 aliphatic carbocycles. The zero-order valence-corrected chi connectivity index (χ0v) is 17.8. The van der Waals surface area contributed by atoms with Crippen molar-refractivity contribution in [2.45, 2.75) is 39.2 Å². The van der Waals surface area contributed by atoms with Crippen molar-refractivity contribution in [1.82, 2.24) is 9.55 Å². The fourth-order valence-electron chi connectivity index (χ4n) is 4.75. The third kappa shape index (κ3) is 3.55. The molecule has 0 spiro atoms. The van der Waals surface area contributed by atoms with Crippen LogP contribution in [0.3, 0.4) is 0 Å². The maximum atomic E-state index is 9.43. The summed E-state index contributed by atoms with van der Waals surface area (Å²) in [5.74, 6) is 1.15. The predicted molar refractivity (Wildman–Crippen MR) is 126 cm³/mol. The highest BCUT2D eigenvalue weighted by atomic mass is 15.1. The molecule has 0 unspecified atom stereocenters. The van der Waals surface area contributed by atoms with E-state index in [4.69, 9.17) is 4.98 Å². The van der Waals surface area contributed by atoms with Crippen molar-refractivity contribution in [2.75, 3.05) is 0 Å². The Balaban J connectivity index is 1.57. The van der Waals surface area contributed by atoms with Gasteiger partial charge in [-0.25, -0.2) is 4.98 Å². The van der Waals surface area contributed by atoms with Crippen LogP contribution < -0.4 is 0 Å². The zero-order chi connectivity index (χ0) is 21.2. The van der Waals surface area contributed by atoms with E-state index in [9.17, 15) is 5.26 Å². The van der Waals surface area contributed by atoms with Gasteiger partial charge in [-0.1, -0.05) is 61.5 Å². The number of hydrogen-bond donors (Lipinski definition) is 0. The largest absolute Gasteiger partial charge is 0.323 e. The molecule has 1 aliphatic rings. The maximum Gasteiger partial charge on any atom is 0.110 e. The van der Waals surface area contributed by atoms with Gasteiger partial charge >= 0.3 is 0 Å². The standard InChI is InChI=1S/C28H25N3/c1-2-7-28-30-26-10-5-6-11-27(26)31(28)19-20-12-15-24-22(18-20)14-13-21-8-3-4-9-23(21)25(24)16-17-29/h3-6,8-12,15-16,18H,2,7,13-14,19H2,1H3/b25-16+. The third-order valence-electron chi connectivity index (χ3n) is 6.19. The van der Waals surface area contributed by atoms with Crippen LogP contribution in [0.4, 0.5) is 0 Å². The average Bonchev–Trinajstić information content (AvgIpc) is 3.05. The van der Waals surface area contributed by atoms with Gasteiger partial charge < -0.3 is 4.57 Å². The van der Waals surface area contributed by atoms with E-state index < -0.39 is 0 Å². The van der Waals surface area contributed by atoms with Crippen LogP contribution in [0.1, 0.15) is 47.0 Å². The summed E-state index contributed by atoms with van der Waals surface area (Å²) in [6.07, 6.45) is 5.73. The highest BCUT2D eigenvalue weighted by molar-refractivity contribution is 5.85. The summed E-state index contributed by atoms with van der Waals surface area (Å²) < 4.78 is 2.36. The van der Waals surface area contributed by atoms with Crippen LogP contribution in [0, 0.1) is 11.3 Å². The molecule has 152 valence electrons. The molecule has 0 fully saturated rings. The van der Waals surface area contributed by atoms with Crippen molar-refractivity contribution >= 4 is 16.6 Å². The normalized spacial score (nSPS) is 14.1. The number of fused-ring (bicyclic) bond motifs is 3. The second kappa shape index (κ2) is 8.24. The van der Waals surface area contributed by atoms with Crippen LogP contribution >= 0.6 is 0 Å². The van der Waals surface area contributed by atoms with Gasteiger partial charge in [-0.3, -0.25) is 0 Å². The number of imidazole rings is 1. The first-order valence-corrected chi connectivity index (χ1v) is 11.0. The van der Waals surface area contributed by atoms with Gasteiger partial charge in [0.15, 0.2) is 0 Å². The quantitative estimate of drug-likeness (QED) is 0.387. The Hall–Kier alpha value is -3.64. The van der Waals surface area contributed by atoms with Gasteiger partial charge in [0.25, 0.3) is 0 Å². The van der Waals surface area contributed by atoms with Gasteiger partial charge in [-0.05, 0) is 64.8 Å².